The van der Waals surface area contributed by atoms with E-state index in [-0.39, 0.29) is 50.9 Å². The van der Waals surface area contributed by atoms with Gasteiger partial charge in [0.05, 0.1) is 16.6 Å². The van der Waals surface area contributed by atoms with E-state index >= 15 is 0 Å². The number of ether oxygens (including phenoxy) is 5. The van der Waals surface area contributed by atoms with E-state index in [1.54, 1.807) is 30.6 Å². The normalized spacial score (nSPS) is 12.4. The molecule has 15 heteroatoms. The number of fused-ring (bicyclic) bond motifs is 1. The van der Waals surface area contributed by atoms with Gasteiger partial charge in [-0.1, -0.05) is 6.07 Å². The first-order valence-corrected chi connectivity index (χ1v) is 12.5. The monoisotopic (exact) mass is 568 g/mol. The second kappa shape index (κ2) is 11.4. The van der Waals surface area contributed by atoms with E-state index in [2.05, 4.69) is 45.3 Å². The van der Waals surface area contributed by atoms with Gasteiger partial charge in [-0.15, -0.1) is 0 Å². The van der Waals surface area contributed by atoms with Gasteiger partial charge in [-0.3, -0.25) is 4.72 Å². The zero-order chi connectivity index (χ0) is 24.7. The van der Waals surface area contributed by atoms with Crippen LogP contribution in [0.25, 0.3) is 11.1 Å². The molecule has 2 aromatic heterocycles. The molecular formula is C20H21BrN6O7S. The van der Waals surface area contributed by atoms with Crippen LogP contribution in [0.3, 0.4) is 0 Å². The Balaban J connectivity index is 1.56. The molecular weight excluding hydrogens is 548 g/mol. The number of nitrogens with one attached hydrogen (secondary N) is 2. The Labute approximate surface area is 209 Å². The maximum atomic E-state index is 12.5. The molecule has 13 nitrogen and oxygen atoms in total. The number of aromatic nitrogens is 4. The quantitative estimate of drug-likeness (QED) is 0.307. The second-order valence-electron chi connectivity index (χ2n) is 6.84. The average Bonchev–Trinajstić information content (AvgIpc) is 3.31. The van der Waals surface area contributed by atoms with Gasteiger partial charge in [0.1, 0.15) is 19.5 Å². The maximum absolute atomic E-state index is 12.5. The Kier molecular flexibility index (Phi) is 8.12. The Hall–Kier alpha value is -3.27. The Bertz CT molecular complexity index is 1260. The van der Waals surface area contributed by atoms with Crippen LogP contribution in [0.5, 0.6) is 23.4 Å². The van der Waals surface area contributed by atoms with Crippen molar-refractivity contribution in [1.29, 1.82) is 0 Å². The Morgan fingerprint density at radius 2 is 1.80 bits per heavy atom. The van der Waals surface area contributed by atoms with E-state index in [0.717, 1.165) is 4.47 Å². The lowest BCUT2D eigenvalue weighted by atomic mass is 10.1. The van der Waals surface area contributed by atoms with Gasteiger partial charge in [0.2, 0.25) is 12.7 Å². The smallest absolute Gasteiger partial charge is 0.316 e. The predicted molar refractivity (Wildman–Crippen MR) is 127 cm³/mol. The zero-order valence-electron chi connectivity index (χ0n) is 18.4. The van der Waals surface area contributed by atoms with Crippen LogP contribution in [0.2, 0.25) is 0 Å². The third-order valence-electron chi connectivity index (χ3n) is 4.45. The minimum absolute atomic E-state index is 0.0101. The molecule has 0 atom stereocenters. The fraction of sp³-hybridized carbons (Fsp3) is 0.300. The lowest BCUT2D eigenvalue weighted by Crippen LogP contribution is -2.33. The number of methoxy groups -OCH3 is 1. The third kappa shape index (κ3) is 6.66. The van der Waals surface area contributed by atoms with Crippen LogP contribution in [0.15, 0.2) is 41.4 Å². The number of nitrogens with zero attached hydrogens (tertiary/aromatic N) is 4. The molecule has 1 aromatic carbocycles. The Morgan fingerprint density at radius 1 is 1.03 bits per heavy atom. The van der Waals surface area contributed by atoms with Crippen LogP contribution >= 0.6 is 15.9 Å². The number of rotatable bonds is 12. The second-order valence-corrected chi connectivity index (χ2v) is 9.26. The molecule has 1 aliphatic heterocycles. The molecule has 0 saturated heterocycles. The van der Waals surface area contributed by atoms with Crippen molar-refractivity contribution in [3.8, 4) is 34.5 Å². The molecule has 0 amide bonds. The van der Waals surface area contributed by atoms with Gasteiger partial charge in [0.15, 0.2) is 17.3 Å². The van der Waals surface area contributed by atoms with E-state index in [9.17, 15) is 8.42 Å². The first-order valence-electron chi connectivity index (χ1n) is 10.2. The summed E-state index contributed by atoms with van der Waals surface area (Å²) < 4.78 is 57.6. The van der Waals surface area contributed by atoms with E-state index in [4.69, 9.17) is 23.7 Å². The topological polar surface area (TPSA) is 156 Å². The van der Waals surface area contributed by atoms with Gasteiger partial charge in [0.25, 0.3) is 10.2 Å². The first-order chi connectivity index (χ1) is 16.9. The molecule has 1 aliphatic rings. The van der Waals surface area contributed by atoms with Gasteiger partial charge in [-0.25, -0.2) is 19.9 Å². The molecule has 0 aliphatic carbocycles. The van der Waals surface area contributed by atoms with Gasteiger partial charge in [-0.05, 0) is 33.6 Å². The van der Waals surface area contributed by atoms with Crippen molar-refractivity contribution in [2.75, 3.05) is 45.0 Å². The molecule has 2 N–H and O–H groups in total. The van der Waals surface area contributed by atoms with Crippen LogP contribution < -0.4 is 28.4 Å². The summed E-state index contributed by atoms with van der Waals surface area (Å²) in [6.45, 7) is 0.565. The van der Waals surface area contributed by atoms with Gasteiger partial charge < -0.3 is 23.7 Å². The molecule has 0 unspecified atom stereocenters. The summed E-state index contributed by atoms with van der Waals surface area (Å²) in [6.07, 6.45) is 4.31. The average molecular weight is 569 g/mol. The standard InChI is InChI=1S/C20H21BrN6O7S/c1-30-5-4-26-35(28,29)27-18-17(13-2-3-15-16(8-13)34-12-33-15)19(25-11-24-18)31-6-7-32-20-22-9-14(21)10-23-20/h2-3,8-11,26H,4-7,12H2,1H3,(H,24,25,27). The molecule has 0 bridgehead atoms. The highest BCUT2D eigenvalue weighted by atomic mass is 79.9. The van der Waals surface area contributed by atoms with Crippen LogP contribution in [0, 0.1) is 0 Å². The fourth-order valence-corrected chi connectivity index (χ4v) is 3.99. The summed E-state index contributed by atoms with van der Waals surface area (Å²) in [5, 5.41) is 0. The van der Waals surface area contributed by atoms with Crippen molar-refractivity contribution in [2.24, 2.45) is 0 Å². The van der Waals surface area contributed by atoms with Crippen molar-refractivity contribution >= 4 is 32.0 Å². The summed E-state index contributed by atoms with van der Waals surface area (Å²) in [5.41, 5.74) is 0.861. The number of benzene rings is 1. The van der Waals surface area contributed by atoms with Crippen molar-refractivity contribution < 1.29 is 32.1 Å². The predicted octanol–water partition coefficient (Wildman–Crippen LogP) is 1.78. The molecule has 0 saturated carbocycles. The van der Waals surface area contributed by atoms with Gasteiger partial charge in [-0.2, -0.15) is 13.1 Å². The van der Waals surface area contributed by atoms with Crippen molar-refractivity contribution in [3.63, 3.8) is 0 Å². The van der Waals surface area contributed by atoms with E-state index in [1.165, 1.54) is 13.4 Å². The van der Waals surface area contributed by atoms with Crippen molar-refractivity contribution in [1.82, 2.24) is 24.7 Å². The SMILES string of the molecule is COCCNS(=O)(=O)Nc1ncnc(OCCOc2ncc(Br)cn2)c1-c1ccc2c(c1)OCO2. The number of hydrogen-bond acceptors (Lipinski definition) is 11. The number of anilines is 1. The number of halogens is 1. The van der Waals surface area contributed by atoms with Gasteiger partial charge >= 0.3 is 6.01 Å². The summed E-state index contributed by atoms with van der Waals surface area (Å²) >= 11 is 3.26. The molecule has 3 aromatic rings. The fourth-order valence-electron chi connectivity index (χ4n) is 2.96. The lowest BCUT2D eigenvalue weighted by Gasteiger charge is -2.16. The highest BCUT2D eigenvalue weighted by molar-refractivity contribution is 9.10. The molecule has 0 spiro atoms. The minimum atomic E-state index is -3.96. The largest absolute Gasteiger partial charge is 0.473 e. The zero-order valence-corrected chi connectivity index (χ0v) is 20.8. The van der Waals surface area contributed by atoms with Crippen LogP contribution in [0.1, 0.15) is 0 Å². The first kappa shape index (κ1) is 24.8. The van der Waals surface area contributed by atoms with E-state index in [1.807, 2.05) is 0 Å². The van der Waals surface area contributed by atoms with Crippen molar-refractivity contribution in [3.05, 3.63) is 41.4 Å². The lowest BCUT2D eigenvalue weighted by molar-refractivity contribution is 0.174. The van der Waals surface area contributed by atoms with E-state index in [0.29, 0.717) is 22.6 Å². The van der Waals surface area contributed by atoms with Crippen LogP contribution in [0.4, 0.5) is 5.82 Å². The highest BCUT2D eigenvalue weighted by Gasteiger charge is 2.22. The number of hydrogen-bond donors (Lipinski definition) is 2. The molecule has 3 heterocycles. The van der Waals surface area contributed by atoms with Crippen molar-refractivity contribution in [2.45, 2.75) is 0 Å². The summed E-state index contributed by atoms with van der Waals surface area (Å²) in [6, 6.07) is 5.31. The van der Waals surface area contributed by atoms with Crippen LogP contribution in [-0.4, -0.2) is 68.6 Å². The highest BCUT2D eigenvalue weighted by Crippen LogP contribution is 2.40. The maximum Gasteiger partial charge on any atom is 0.316 e. The summed E-state index contributed by atoms with van der Waals surface area (Å²) in [5.74, 6) is 1.21. The summed E-state index contributed by atoms with van der Waals surface area (Å²) in [7, 11) is -2.48. The van der Waals surface area contributed by atoms with Crippen LogP contribution in [-0.2, 0) is 14.9 Å². The molecule has 186 valence electrons. The molecule has 35 heavy (non-hydrogen) atoms. The van der Waals surface area contributed by atoms with Gasteiger partial charge in [0, 0.05) is 26.0 Å². The molecule has 4 rings (SSSR count). The third-order valence-corrected chi connectivity index (χ3v) is 5.91. The van der Waals surface area contributed by atoms with E-state index < -0.39 is 10.2 Å². The Morgan fingerprint density at radius 3 is 2.60 bits per heavy atom. The molecule has 0 radical (unpaired) electrons. The molecule has 0 fully saturated rings. The minimum Gasteiger partial charge on any atom is -0.473 e. The summed E-state index contributed by atoms with van der Waals surface area (Å²) in [4.78, 5) is 16.4.